The van der Waals surface area contributed by atoms with Crippen molar-refractivity contribution in [3.63, 3.8) is 0 Å². The van der Waals surface area contributed by atoms with Crippen LogP contribution >= 0.6 is 0 Å². The maximum absolute atomic E-state index is 9.44. The molecular formula is C12H18N2O. The Balaban J connectivity index is 2.10. The third-order valence-corrected chi connectivity index (χ3v) is 2.89. The van der Waals surface area contributed by atoms with Crippen molar-refractivity contribution in [3.05, 3.63) is 24.0 Å². The molecule has 15 heavy (non-hydrogen) atoms. The summed E-state index contributed by atoms with van der Waals surface area (Å²) in [5, 5.41) is 9.44. The van der Waals surface area contributed by atoms with E-state index in [-0.39, 0.29) is 6.10 Å². The number of pyridine rings is 1. The Morgan fingerprint density at radius 1 is 1.47 bits per heavy atom. The van der Waals surface area contributed by atoms with Gasteiger partial charge in [-0.15, -0.1) is 0 Å². The van der Waals surface area contributed by atoms with Crippen molar-refractivity contribution in [2.24, 2.45) is 0 Å². The fourth-order valence-corrected chi connectivity index (χ4v) is 1.90. The van der Waals surface area contributed by atoms with E-state index in [1.165, 1.54) is 0 Å². The van der Waals surface area contributed by atoms with Crippen molar-refractivity contribution in [1.82, 2.24) is 4.98 Å². The molecule has 1 N–H and O–H groups in total. The van der Waals surface area contributed by atoms with Gasteiger partial charge in [0.1, 0.15) is 0 Å². The summed E-state index contributed by atoms with van der Waals surface area (Å²) in [6.07, 6.45) is 2.61. The van der Waals surface area contributed by atoms with Crippen LogP contribution in [0.4, 0.5) is 5.69 Å². The van der Waals surface area contributed by atoms with E-state index in [0.29, 0.717) is 5.92 Å². The van der Waals surface area contributed by atoms with Crippen LogP contribution in [0.1, 0.15) is 31.9 Å². The van der Waals surface area contributed by atoms with Crippen molar-refractivity contribution in [3.8, 4) is 0 Å². The van der Waals surface area contributed by atoms with Crippen LogP contribution in [0.2, 0.25) is 0 Å². The molecule has 3 heteroatoms. The van der Waals surface area contributed by atoms with Crippen LogP contribution in [0.3, 0.4) is 0 Å². The molecule has 1 aromatic rings. The van der Waals surface area contributed by atoms with Gasteiger partial charge in [-0.05, 0) is 24.5 Å². The number of aliphatic hydroxyl groups excluding tert-OH is 1. The predicted octanol–water partition coefficient (Wildman–Crippen LogP) is 1.78. The Bertz CT molecular complexity index is 321. The quantitative estimate of drug-likeness (QED) is 0.801. The normalized spacial score (nSPS) is 21.3. The Kier molecular flexibility index (Phi) is 2.91. The summed E-state index contributed by atoms with van der Waals surface area (Å²) in [5.74, 6) is 0.475. The highest BCUT2D eigenvalue weighted by Gasteiger charge is 2.20. The number of aromatic nitrogens is 1. The summed E-state index contributed by atoms with van der Waals surface area (Å²) >= 11 is 0. The first-order chi connectivity index (χ1) is 7.16. The van der Waals surface area contributed by atoms with Crippen molar-refractivity contribution in [1.29, 1.82) is 0 Å². The average Bonchev–Trinajstić information content (AvgIpc) is 2.65. The highest BCUT2D eigenvalue weighted by atomic mass is 16.3. The van der Waals surface area contributed by atoms with Gasteiger partial charge in [0, 0.05) is 18.8 Å². The highest BCUT2D eigenvalue weighted by Crippen LogP contribution is 2.21. The number of β-amino-alcohol motifs (C(OH)–C–C–N with tert-alkyl or cyclic N) is 1. The van der Waals surface area contributed by atoms with Crippen LogP contribution in [-0.4, -0.2) is 29.3 Å². The molecule has 1 aromatic heterocycles. The van der Waals surface area contributed by atoms with Crippen LogP contribution in [-0.2, 0) is 0 Å². The minimum absolute atomic E-state index is 0.172. The number of nitrogens with zero attached hydrogens (tertiary/aromatic N) is 2. The van der Waals surface area contributed by atoms with Gasteiger partial charge in [0.05, 0.1) is 18.0 Å². The van der Waals surface area contributed by atoms with Crippen molar-refractivity contribution in [2.75, 3.05) is 18.0 Å². The van der Waals surface area contributed by atoms with Gasteiger partial charge in [0.25, 0.3) is 0 Å². The molecule has 0 aliphatic carbocycles. The Morgan fingerprint density at radius 2 is 2.27 bits per heavy atom. The maximum Gasteiger partial charge on any atom is 0.0731 e. The van der Waals surface area contributed by atoms with E-state index in [4.69, 9.17) is 0 Å². The average molecular weight is 206 g/mol. The van der Waals surface area contributed by atoms with Crippen molar-refractivity contribution < 1.29 is 5.11 Å². The monoisotopic (exact) mass is 206 g/mol. The van der Waals surface area contributed by atoms with E-state index in [1.54, 1.807) is 0 Å². The smallest absolute Gasteiger partial charge is 0.0731 e. The molecule has 0 spiro atoms. The number of aliphatic hydroxyl groups is 1. The van der Waals surface area contributed by atoms with E-state index in [0.717, 1.165) is 30.9 Å². The molecule has 2 heterocycles. The van der Waals surface area contributed by atoms with Crippen LogP contribution in [0.5, 0.6) is 0 Å². The molecule has 2 rings (SSSR count). The molecule has 0 radical (unpaired) electrons. The predicted molar refractivity (Wildman–Crippen MR) is 61.2 cm³/mol. The van der Waals surface area contributed by atoms with Gasteiger partial charge in [-0.2, -0.15) is 0 Å². The van der Waals surface area contributed by atoms with Gasteiger partial charge in [0.15, 0.2) is 0 Å². The topological polar surface area (TPSA) is 36.4 Å². The Morgan fingerprint density at radius 3 is 2.73 bits per heavy atom. The van der Waals surface area contributed by atoms with Gasteiger partial charge in [0.2, 0.25) is 0 Å². The van der Waals surface area contributed by atoms with Gasteiger partial charge >= 0.3 is 0 Å². The standard InChI is InChI=1S/C12H18N2O/c1-9(2)12-4-3-10(7-13-12)14-6-5-11(15)8-14/h3-4,7,9,11,15H,5-6,8H2,1-2H3/t11-/m1/s1. The SMILES string of the molecule is CC(C)c1ccc(N2CC[C@@H](O)C2)cn1. The lowest BCUT2D eigenvalue weighted by molar-refractivity contribution is 0.198. The van der Waals surface area contributed by atoms with E-state index in [2.05, 4.69) is 35.9 Å². The Hall–Kier alpha value is -1.09. The molecule has 82 valence electrons. The molecule has 1 aliphatic heterocycles. The molecule has 3 nitrogen and oxygen atoms in total. The minimum atomic E-state index is -0.172. The molecule has 0 bridgehead atoms. The van der Waals surface area contributed by atoms with Crippen molar-refractivity contribution in [2.45, 2.75) is 32.3 Å². The lowest BCUT2D eigenvalue weighted by Crippen LogP contribution is -2.21. The second kappa shape index (κ2) is 4.19. The van der Waals surface area contributed by atoms with E-state index in [1.807, 2.05) is 6.20 Å². The number of anilines is 1. The molecular weight excluding hydrogens is 188 g/mol. The van der Waals surface area contributed by atoms with Crippen LogP contribution < -0.4 is 4.90 Å². The summed E-state index contributed by atoms with van der Waals surface area (Å²) in [6.45, 7) is 5.95. The fraction of sp³-hybridized carbons (Fsp3) is 0.583. The maximum atomic E-state index is 9.44. The van der Waals surface area contributed by atoms with Gasteiger partial charge in [-0.1, -0.05) is 13.8 Å². The summed E-state index contributed by atoms with van der Waals surface area (Å²) in [5.41, 5.74) is 2.24. The molecule has 0 aromatic carbocycles. The second-order valence-corrected chi connectivity index (χ2v) is 4.48. The third kappa shape index (κ3) is 2.29. The lowest BCUT2D eigenvalue weighted by Gasteiger charge is -2.17. The first kappa shape index (κ1) is 10.4. The van der Waals surface area contributed by atoms with E-state index in [9.17, 15) is 5.11 Å². The summed E-state index contributed by atoms with van der Waals surface area (Å²) < 4.78 is 0. The summed E-state index contributed by atoms with van der Waals surface area (Å²) in [6, 6.07) is 4.17. The third-order valence-electron chi connectivity index (χ3n) is 2.89. The molecule has 1 fully saturated rings. The number of hydrogen-bond acceptors (Lipinski definition) is 3. The molecule has 0 amide bonds. The summed E-state index contributed by atoms with van der Waals surface area (Å²) in [7, 11) is 0. The van der Waals surface area contributed by atoms with Crippen LogP contribution in [0, 0.1) is 0 Å². The largest absolute Gasteiger partial charge is 0.391 e. The molecule has 1 aliphatic rings. The van der Waals surface area contributed by atoms with E-state index >= 15 is 0 Å². The number of rotatable bonds is 2. The minimum Gasteiger partial charge on any atom is -0.391 e. The van der Waals surface area contributed by atoms with Gasteiger partial charge in [-0.25, -0.2) is 0 Å². The van der Waals surface area contributed by atoms with Crippen LogP contribution in [0.15, 0.2) is 18.3 Å². The van der Waals surface area contributed by atoms with Crippen LogP contribution in [0.25, 0.3) is 0 Å². The first-order valence-corrected chi connectivity index (χ1v) is 5.56. The van der Waals surface area contributed by atoms with Gasteiger partial charge < -0.3 is 10.0 Å². The summed E-state index contributed by atoms with van der Waals surface area (Å²) in [4.78, 5) is 6.61. The molecule has 1 atom stereocenters. The molecule has 0 unspecified atom stereocenters. The lowest BCUT2D eigenvalue weighted by atomic mass is 10.1. The molecule has 1 saturated heterocycles. The second-order valence-electron chi connectivity index (χ2n) is 4.48. The fourth-order valence-electron chi connectivity index (χ4n) is 1.90. The zero-order chi connectivity index (χ0) is 10.8. The highest BCUT2D eigenvalue weighted by molar-refractivity contribution is 5.46. The van der Waals surface area contributed by atoms with E-state index < -0.39 is 0 Å². The molecule has 0 saturated carbocycles. The van der Waals surface area contributed by atoms with Gasteiger partial charge in [-0.3, -0.25) is 4.98 Å². The zero-order valence-corrected chi connectivity index (χ0v) is 9.35. The first-order valence-electron chi connectivity index (χ1n) is 5.56. The number of hydrogen-bond donors (Lipinski definition) is 1. The Labute approximate surface area is 90.8 Å². The zero-order valence-electron chi connectivity index (χ0n) is 9.35. The van der Waals surface area contributed by atoms with Crippen molar-refractivity contribution >= 4 is 5.69 Å².